The molecule has 2 aromatic rings. The summed E-state index contributed by atoms with van der Waals surface area (Å²) in [5.74, 6) is 1.19. The number of hydrogen-bond donors (Lipinski definition) is 1. The number of nitrogens with two attached hydrogens (primary N) is 1. The number of benzene rings is 1. The van der Waals surface area contributed by atoms with Gasteiger partial charge in [0.1, 0.15) is 5.82 Å². The predicted octanol–water partition coefficient (Wildman–Crippen LogP) is 3.06. The first kappa shape index (κ1) is 14.0. The van der Waals surface area contributed by atoms with Crippen LogP contribution in [0.5, 0.6) is 0 Å². The molecule has 1 fully saturated rings. The Morgan fingerprint density at radius 2 is 2.10 bits per heavy atom. The van der Waals surface area contributed by atoms with Crippen molar-refractivity contribution in [3.8, 4) is 11.4 Å². The molecule has 1 heterocycles. The van der Waals surface area contributed by atoms with Crippen LogP contribution in [0.25, 0.3) is 11.4 Å². The zero-order valence-electron chi connectivity index (χ0n) is 12.3. The topological polar surface area (TPSA) is 69.6 Å². The smallest absolute Gasteiger partial charge is 0.185 e. The van der Waals surface area contributed by atoms with Gasteiger partial charge < -0.3 is 5.73 Å². The fourth-order valence-electron chi connectivity index (χ4n) is 3.21. The molecule has 112 valence electrons. The van der Waals surface area contributed by atoms with Crippen LogP contribution in [0.3, 0.4) is 0 Å². The molecule has 0 amide bonds. The maximum Gasteiger partial charge on any atom is 0.185 e. The third kappa shape index (κ3) is 2.50. The third-order valence-corrected chi connectivity index (χ3v) is 4.70. The lowest BCUT2D eigenvalue weighted by molar-refractivity contribution is 0.174. The predicted molar refractivity (Wildman–Crippen MR) is 78.8 cm³/mol. The summed E-state index contributed by atoms with van der Waals surface area (Å²) in [5.41, 5.74) is 6.40. The van der Waals surface area contributed by atoms with E-state index in [1.54, 1.807) is 16.8 Å². The van der Waals surface area contributed by atoms with Crippen molar-refractivity contribution in [3.63, 3.8) is 0 Å². The monoisotopic (exact) mass is 289 g/mol. The van der Waals surface area contributed by atoms with Crippen molar-refractivity contribution < 1.29 is 4.39 Å². The van der Waals surface area contributed by atoms with Crippen molar-refractivity contribution >= 4 is 5.69 Å². The van der Waals surface area contributed by atoms with Gasteiger partial charge >= 0.3 is 0 Å². The van der Waals surface area contributed by atoms with Crippen LogP contribution in [-0.2, 0) is 0 Å². The summed E-state index contributed by atoms with van der Waals surface area (Å²) in [7, 11) is 0. The van der Waals surface area contributed by atoms with Crippen LogP contribution in [-0.4, -0.2) is 20.2 Å². The van der Waals surface area contributed by atoms with Crippen molar-refractivity contribution in [1.82, 2.24) is 20.2 Å². The first-order valence-corrected chi connectivity index (χ1v) is 7.41. The lowest BCUT2D eigenvalue weighted by atomic mass is 9.78. The summed E-state index contributed by atoms with van der Waals surface area (Å²) in [6, 6.07) is 4.84. The molecule has 0 aliphatic heterocycles. The van der Waals surface area contributed by atoms with Gasteiger partial charge in [-0.05, 0) is 46.9 Å². The highest BCUT2D eigenvalue weighted by molar-refractivity contribution is 5.59. The van der Waals surface area contributed by atoms with E-state index in [2.05, 4.69) is 29.4 Å². The Morgan fingerprint density at radius 1 is 1.29 bits per heavy atom. The molecule has 1 saturated carbocycles. The van der Waals surface area contributed by atoms with Crippen LogP contribution in [0, 0.1) is 17.7 Å². The number of nitrogen functional groups attached to an aromatic ring is 1. The summed E-state index contributed by atoms with van der Waals surface area (Å²) in [6.45, 7) is 4.48. The zero-order chi connectivity index (χ0) is 15.0. The molecule has 3 rings (SSSR count). The van der Waals surface area contributed by atoms with Crippen LogP contribution in [0.2, 0.25) is 0 Å². The van der Waals surface area contributed by atoms with Gasteiger partial charge in [0.05, 0.1) is 11.6 Å². The molecular weight excluding hydrogens is 269 g/mol. The van der Waals surface area contributed by atoms with Gasteiger partial charge in [-0.15, -0.1) is 5.10 Å². The van der Waals surface area contributed by atoms with E-state index >= 15 is 0 Å². The van der Waals surface area contributed by atoms with Crippen LogP contribution >= 0.6 is 0 Å². The summed E-state index contributed by atoms with van der Waals surface area (Å²) in [6.07, 6.45) is 3.41. The number of aromatic nitrogens is 4. The molecular formula is C15H20FN5. The maximum atomic E-state index is 14.1. The highest BCUT2D eigenvalue weighted by Crippen LogP contribution is 2.38. The van der Waals surface area contributed by atoms with Gasteiger partial charge in [0.2, 0.25) is 0 Å². The second kappa shape index (κ2) is 5.42. The van der Waals surface area contributed by atoms with Gasteiger partial charge in [-0.2, -0.15) is 0 Å². The Balaban J connectivity index is 2.01. The van der Waals surface area contributed by atoms with Crippen LogP contribution in [0.15, 0.2) is 18.2 Å². The standard InChI is InChI=1S/C15H20FN5/c1-9-4-3-5-14(10(9)2)21-15(18-19-20-21)12-7-6-11(17)8-13(12)16/h6-10,14H,3-5,17H2,1-2H3. The summed E-state index contributed by atoms with van der Waals surface area (Å²) < 4.78 is 15.9. The lowest BCUT2D eigenvalue weighted by Crippen LogP contribution is -2.28. The van der Waals surface area contributed by atoms with Crippen molar-refractivity contribution in [3.05, 3.63) is 24.0 Å². The van der Waals surface area contributed by atoms with Crippen LogP contribution in [0.4, 0.5) is 10.1 Å². The fourth-order valence-corrected chi connectivity index (χ4v) is 3.21. The number of anilines is 1. The minimum absolute atomic E-state index is 0.218. The largest absolute Gasteiger partial charge is 0.399 e. The molecule has 21 heavy (non-hydrogen) atoms. The van der Waals surface area contributed by atoms with Gasteiger partial charge in [-0.3, -0.25) is 0 Å². The van der Waals surface area contributed by atoms with E-state index in [0.29, 0.717) is 28.9 Å². The fraction of sp³-hybridized carbons (Fsp3) is 0.533. The minimum atomic E-state index is -0.387. The lowest BCUT2D eigenvalue weighted by Gasteiger charge is -2.34. The quantitative estimate of drug-likeness (QED) is 0.863. The summed E-state index contributed by atoms with van der Waals surface area (Å²) in [4.78, 5) is 0. The molecule has 1 aliphatic rings. The molecule has 3 unspecified atom stereocenters. The van der Waals surface area contributed by atoms with Crippen LogP contribution < -0.4 is 5.73 Å². The molecule has 2 N–H and O–H groups in total. The van der Waals surface area contributed by atoms with Gasteiger partial charge in [-0.1, -0.05) is 26.7 Å². The van der Waals surface area contributed by atoms with E-state index in [9.17, 15) is 4.39 Å². The van der Waals surface area contributed by atoms with E-state index in [-0.39, 0.29) is 11.9 Å². The number of tetrazole rings is 1. The van der Waals surface area contributed by atoms with E-state index in [1.807, 2.05) is 0 Å². The molecule has 6 heteroatoms. The van der Waals surface area contributed by atoms with Crippen molar-refractivity contribution in [2.24, 2.45) is 11.8 Å². The average molecular weight is 289 g/mol. The highest BCUT2D eigenvalue weighted by Gasteiger charge is 2.31. The molecule has 0 bridgehead atoms. The number of rotatable bonds is 2. The zero-order valence-corrected chi connectivity index (χ0v) is 12.3. The Labute approximate surface area is 123 Å². The number of nitrogens with zero attached hydrogens (tertiary/aromatic N) is 4. The van der Waals surface area contributed by atoms with E-state index in [1.165, 1.54) is 12.5 Å². The highest BCUT2D eigenvalue weighted by atomic mass is 19.1. The molecule has 5 nitrogen and oxygen atoms in total. The molecule has 0 radical (unpaired) electrons. The SMILES string of the molecule is CC1CCCC(n2nnnc2-c2ccc(N)cc2F)C1C. The molecule has 0 spiro atoms. The van der Waals surface area contributed by atoms with E-state index in [4.69, 9.17) is 5.73 Å². The normalized spacial score (nSPS) is 26.0. The molecule has 3 atom stereocenters. The molecule has 1 aromatic carbocycles. The summed E-state index contributed by atoms with van der Waals surface area (Å²) in [5, 5.41) is 11.9. The molecule has 1 aromatic heterocycles. The summed E-state index contributed by atoms with van der Waals surface area (Å²) >= 11 is 0. The average Bonchev–Trinajstić information content (AvgIpc) is 2.91. The van der Waals surface area contributed by atoms with Gasteiger partial charge in [0, 0.05) is 5.69 Å². The Bertz CT molecular complexity index is 639. The number of hydrogen-bond acceptors (Lipinski definition) is 4. The Hall–Kier alpha value is -1.98. The van der Waals surface area contributed by atoms with Crippen molar-refractivity contribution in [2.45, 2.75) is 39.2 Å². The van der Waals surface area contributed by atoms with Gasteiger partial charge in [-0.25, -0.2) is 9.07 Å². The van der Waals surface area contributed by atoms with Crippen LogP contribution in [0.1, 0.15) is 39.2 Å². The van der Waals surface area contributed by atoms with Crippen molar-refractivity contribution in [1.29, 1.82) is 0 Å². The maximum absolute atomic E-state index is 14.1. The Kier molecular flexibility index (Phi) is 3.61. The Morgan fingerprint density at radius 3 is 2.86 bits per heavy atom. The van der Waals surface area contributed by atoms with E-state index < -0.39 is 0 Å². The molecule has 0 saturated heterocycles. The first-order valence-electron chi connectivity index (χ1n) is 7.41. The number of halogens is 1. The third-order valence-electron chi connectivity index (χ3n) is 4.70. The first-order chi connectivity index (χ1) is 10.1. The van der Waals surface area contributed by atoms with Crippen molar-refractivity contribution in [2.75, 3.05) is 5.73 Å². The van der Waals surface area contributed by atoms with Gasteiger partial charge in [0.25, 0.3) is 0 Å². The van der Waals surface area contributed by atoms with E-state index in [0.717, 1.165) is 12.8 Å². The van der Waals surface area contributed by atoms with Gasteiger partial charge in [0.15, 0.2) is 5.82 Å². The molecule has 1 aliphatic carbocycles. The minimum Gasteiger partial charge on any atom is -0.399 e. The second-order valence-corrected chi connectivity index (χ2v) is 6.02. The second-order valence-electron chi connectivity index (χ2n) is 6.02.